The van der Waals surface area contributed by atoms with Crippen molar-refractivity contribution >= 4 is 10.1 Å². The second kappa shape index (κ2) is 7.23. The van der Waals surface area contributed by atoms with Crippen molar-refractivity contribution in [1.82, 2.24) is 4.90 Å². The summed E-state index contributed by atoms with van der Waals surface area (Å²) in [5, 5.41) is 0. The van der Waals surface area contributed by atoms with Gasteiger partial charge in [0.05, 0.1) is 30.3 Å². The summed E-state index contributed by atoms with van der Waals surface area (Å²) < 4.78 is 35.9. The third-order valence-corrected chi connectivity index (χ3v) is 7.94. The van der Waals surface area contributed by atoms with Gasteiger partial charge in [-0.05, 0) is 76.1 Å². The number of rotatable bonds is 4. The Labute approximate surface area is 156 Å². The summed E-state index contributed by atoms with van der Waals surface area (Å²) in [4.78, 5) is 2.83. The number of benzene rings is 1. The lowest BCUT2D eigenvalue weighted by atomic mass is 9.67. The van der Waals surface area contributed by atoms with Crippen LogP contribution in [0.25, 0.3) is 0 Å². The molecule has 144 valence electrons. The fourth-order valence-electron chi connectivity index (χ4n) is 4.54. The first kappa shape index (κ1) is 18.4. The van der Waals surface area contributed by atoms with Gasteiger partial charge < -0.3 is 4.74 Å². The van der Waals surface area contributed by atoms with Crippen LogP contribution in [0.1, 0.15) is 44.1 Å². The van der Waals surface area contributed by atoms with Crippen molar-refractivity contribution in [2.45, 2.75) is 62.5 Å². The molecule has 3 aliphatic rings. The van der Waals surface area contributed by atoms with E-state index in [9.17, 15) is 8.42 Å². The smallest absolute Gasteiger partial charge is 0.297 e. The summed E-state index contributed by atoms with van der Waals surface area (Å²) in [6, 6.07) is 7.52. The molecule has 1 aliphatic carbocycles. The van der Waals surface area contributed by atoms with Gasteiger partial charge in [0.1, 0.15) is 0 Å². The van der Waals surface area contributed by atoms with Crippen LogP contribution in [-0.2, 0) is 19.0 Å². The summed E-state index contributed by atoms with van der Waals surface area (Å²) >= 11 is 0. The first-order valence-electron chi connectivity index (χ1n) is 9.78. The Hall–Kier alpha value is -0.950. The summed E-state index contributed by atoms with van der Waals surface area (Å²) in [7, 11) is -3.66. The van der Waals surface area contributed by atoms with E-state index in [0.717, 1.165) is 57.6 Å². The van der Waals surface area contributed by atoms with Crippen LogP contribution in [-0.4, -0.2) is 51.8 Å². The van der Waals surface area contributed by atoms with Gasteiger partial charge in [0.25, 0.3) is 10.1 Å². The normalized spacial score (nSPS) is 25.3. The fourth-order valence-corrected chi connectivity index (χ4v) is 5.67. The maximum atomic E-state index is 12.5. The molecule has 3 fully saturated rings. The highest BCUT2D eigenvalue weighted by molar-refractivity contribution is 7.86. The van der Waals surface area contributed by atoms with Crippen LogP contribution in [0, 0.1) is 12.3 Å². The van der Waals surface area contributed by atoms with E-state index in [2.05, 4.69) is 4.90 Å². The molecule has 0 unspecified atom stereocenters. The average Bonchev–Trinajstić information content (AvgIpc) is 2.58. The van der Waals surface area contributed by atoms with Crippen molar-refractivity contribution in [2.24, 2.45) is 5.41 Å². The number of piperidine rings is 1. The van der Waals surface area contributed by atoms with Crippen molar-refractivity contribution in [3.8, 4) is 0 Å². The van der Waals surface area contributed by atoms with Crippen LogP contribution < -0.4 is 0 Å². The molecule has 0 aromatic heterocycles. The lowest BCUT2D eigenvalue weighted by Gasteiger charge is -2.48. The first-order valence-corrected chi connectivity index (χ1v) is 11.2. The summed E-state index contributed by atoms with van der Waals surface area (Å²) in [6.07, 6.45) is 6.12. The Morgan fingerprint density at radius 1 is 1.04 bits per heavy atom. The van der Waals surface area contributed by atoms with Crippen LogP contribution in [0.2, 0.25) is 0 Å². The van der Waals surface area contributed by atoms with Gasteiger partial charge in [-0.1, -0.05) is 17.7 Å². The van der Waals surface area contributed by atoms with Crippen LogP contribution in [0.5, 0.6) is 0 Å². The molecule has 0 N–H and O–H groups in total. The molecule has 2 aliphatic heterocycles. The van der Waals surface area contributed by atoms with Crippen molar-refractivity contribution in [1.29, 1.82) is 0 Å². The van der Waals surface area contributed by atoms with E-state index in [0.29, 0.717) is 11.5 Å². The minimum atomic E-state index is -3.66. The van der Waals surface area contributed by atoms with Gasteiger partial charge in [-0.2, -0.15) is 8.42 Å². The molecule has 2 heterocycles. The number of ether oxygens (including phenoxy) is 1. The average molecular weight is 380 g/mol. The molecule has 0 bridgehead atoms. The monoisotopic (exact) mass is 379 g/mol. The molecule has 1 aromatic rings. The molecule has 4 rings (SSSR count). The van der Waals surface area contributed by atoms with E-state index in [1.165, 1.54) is 12.8 Å². The molecule has 0 atom stereocenters. The Balaban J connectivity index is 1.30. The Morgan fingerprint density at radius 2 is 1.65 bits per heavy atom. The number of hydrogen-bond donors (Lipinski definition) is 0. The zero-order chi connectivity index (χ0) is 18.2. The van der Waals surface area contributed by atoms with Crippen LogP contribution in [0.3, 0.4) is 0 Å². The third kappa shape index (κ3) is 3.84. The van der Waals surface area contributed by atoms with Gasteiger partial charge in [-0.25, -0.2) is 0 Å². The minimum absolute atomic E-state index is 0.176. The molecule has 0 radical (unpaired) electrons. The SMILES string of the molecule is Cc1ccc(S(=O)(=O)OC2CCC3(CC2)CCN(C2COC2)CC3)cc1. The minimum Gasteiger partial charge on any atom is -0.378 e. The largest absolute Gasteiger partial charge is 0.378 e. The lowest BCUT2D eigenvalue weighted by Crippen LogP contribution is -2.54. The molecular weight excluding hydrogens is 350 g/mol. The number of aryl methyl sites for hydroxylation is 1. The molecule has 2 saturated heterocycles. The van der Waals surface area contributed by atoms with E-state index in [4.69, 9.17) is 8.92 Å². The molecule has 6 heteroatoms. The van der Waals surface area contributed by atoms with E-state index in [1.54, 1.807) is 12.1 Å². The number of hydrogen-bond acceptors (Lipinski definition) is 5. The van der Waals surface area contributed by atoms with Gasteiger partial charge in [0.2, 0.25) is 0 Å². The maximum Gasteiger partial charge on any atom is 0.297 e. The highest BCUT2D eigenvalue weighted by atomic mass is 32.2. The predicted octanol–water partition coefficient (Wildman–Crippen LogP) is 3.12. The summed E-state index contributed by atoms with van der Waals surface area (Å²) in [6.45, 7) is 6.03. The van der Waals surface area contributed by atoms with Gasteiger partial charge in [0.15, 0.2) is 0 Å². The second-order valence-corrected chi connectivity index (χ2v) is 9.86. The molecule has 0 amide bonds. The predicted molar refractivity (Wildman–Crippen MR) is 99.6 cm³/mol. The number of nitrogens with zero attached hydrogens (tertiary/aromatic N) is 1. The van der Waals surface area contributed by atoms with Crippen molar-refractivity contribution in [2.75, 3.05) is 26.3 Å². The topological polar surface area (TPSA) is 55.8 Å². The second-order valence-electron chi connectivity index (χ2n) is 8.29. The Morgan fingerprint density at radius 3 is 2.19 bits per heavy atom. The van der Waals surface area contributed by atoms with Gasteiger partial charge in [-0.15, -0.1) is 0 Å². The fraction of sp³-hybridized carbons (Fsp3) is 0.700. The molecule has 1 spiro atoms. The standard InChI is InChI=1S/C20H29NO4S/c1-16-2-4-19(5-3-16)26(22,23)25-18-6-8-20(9-7-18)10-12-21(13-11-20)17-14-24-15-17/h2-5,17-18H,6-15H2,1H3. The number of likely N-dealkylation sites (tertiary alicyclic amines) is 1. The Bertz CT molecular complexity index is 709. The van der Waals surface area contributed by atoms with Gasteiger partial charge in [-0.3, -0.25) is 9.08 Å². The molecule has 26 heavy (non-hydrogen) atoms. The molecule has 1 aromatic carbocycles. The van der Waals surface area contributed by atoms with E-state index >= 15 is 0 Å². The van der Waals surface area contributed by atoms with Crippen LogP contribution in [0.15, 0.2) is 29.2 Å². The van der Waals surface area contributed by atoms with E-state index in [1.807, 2.05) is 19.1 Å². The van der Waals surface area contributed by atoms with Crippen molar-refractivity contribution in [3.63, 3.8) is 0 Å². The van der Waals surface area contributed by atoms with Crippen LogP contribution >= 0.6 is 0 Å². The van der Waals surface area contributed by atoms with E-state index < -0.39 is 10.1 Å². The van der Waals surface area contributed by atoms with E-state index in [-0.39, 0.29) is 11.0 Å². The van der Waals surface area contributed by atoms with Crippen molar-refractivity contribution < 1.29 is 17.3 Å². The zero-order valence-electron chi connectivity index (χ0n) is 15.5. The lowest BCUT2D eigenvalue weighted by molar-refractivity contribution is -0.0870. The molecule has 5 nitrogen and oxygen atoms in total. The first-order chi connectivity index (χ1) is 12.5. The highest BCUT2D eigenvalue weighted by Gasteiger charge is 2.41. The Kier molecular flexibility index (Phi) is 5.12. The molecular formula is C20H29NO4S. The van der Waals surface area contributed by atoms with Crippen molar-refractivity contribution in [3.05, 3.63) is 29.8 Å². The van der Waals surface area contributed by atoms with Crippen LogP contribution in [0.4, 0.5) is 0 Å². The molecule has 1 saturated carbocycles. The van der Waals surface area contributed by atoms with Gasteiger partial charge in [0, 0.05) is 0 Å². The summed E-state index contributed by atoms with van der Waals surface area (Å²) in [5.41, 5.74) is 1.44. The zero-order valence-corrected chi connectivity index (χ0v) is 16.3. The quantitative estimate of drug-likeness (QED) is 0.753. The van der Waals surface area contributed by atoms with Gasteiger partial charge >= 0.3 is 0 Å². The highest BCUT2D eigenvalue weighted by Crippen LogP contribution is 2.46. The maximum absolute atomic E-state index is 12.5. The third-order valence-electron chi connectivity index (χ3n) is 6.56. The summed E-state index contributed by atoms with van der Waals surface area (Å²) in [5.74, 6) is 0.